The van der Waals surface area contributed by atoms with Crippen molar-refractivity contribution in [3.05, 3.63) is 48.3 Å². The molecule has 6 heteroatoms. The van der Waals surface area contributed by atoms with Gasteiger partial charge in [0.05, 0.1) is 6.54 Å². The van der Waals surface area contributed by atoms with Crippen LogP contribution in [0.5, 0.6) is 0 Å². The highest BCUT2D eigenvalue weighted by Crippen LogP contribution is 2.17. The molecule has 2 N–H and O–H groups in total. The van der Waals surface area contributed by atoms with Gasteiger partial charge in [-0.1, -0.05) is 12.1 Å². The van der Waals surface area contributed by atoms with Crippen molar-refractivity contribution in [3.63, 3.8) is 0 Å². The van der Waals surface area contributed by atoms with Gasteiger partial charge in [0.2, 0.25) is 0 Å². The van der Waals surface area contributed by atoms with Crippen LogP contribution in [0.15, 0.2) is 42.7 Å². The predicted octanol–water partition coefficient (Wildman–Crippen LogP) is 1.78. The fourth-order valence-electron chi connectivity index (χ4n) is 2.64. The molecular weight excluding hydrogens is 280 g/mol. The fraction of sp³-hybridized carbons (Fsp3) is 0.375. The topological polar surface area (TPSA) is 70.4 Å². The van der Waals surface area contributed by atoms with Crippen molar-refractivity contribution in [1.82, 2.24) is 14.7 Å². The molecule has 1 unspecified atom stereocenters. The lowest BCUT2D eigenvalue weighted by molar-refractivity contribution is 0.209. The number of urea groups is 1. The number of anilines is 1. The van der Waals surface area contributed by atoms with Crippen molar-refractivity contribution in [3.8, 4) is 0 Å². The van der Waals surface area contributed by atoms with Gasteiger partial charge in [0, 0.05) is 43.7 Å². The van der Waals surface area contributed by atoms with Gasteiger partial charge < -0.3 is 15.3 Å². The Bertz CT molecular complexity index is 610. The van der Waals surface area contributed by atoms with Crippen LogP contribution in [0.3, 0.4) is 0 Å². The highest BCUT2D eigenvalue weighted by atomic mass is 16.3. The summed E-state index contributed by atoms with van der Waals surface area (Å²) in [7, 11) is 0. The summed E-state index contributed by atoms with van der Waals surface area (Å²) in [6.45, 7) is 2.19. The minimum atomic E-state index is -0.101. The lowest BCUT2D eigenvalue weighted by Gasteiger charge is -2.17. The smallest absolute Gasteiger partial charge is 0.321 e. The molecule has 0 radical (unpaired) electrons. The summed E-state index contributed by atoms with van der Waals surface area (Å²) in [5.74, 6) is 0.210. The van der Waals surface area contributed by atoms with E-state index in [1.807, 2.05) is 41.2 Å². The first kappa shape index (κ1) is 14.6. The molecule has 116 valence electrons. The Balaban J connectivity index is 1.55. The number of nitrogens with one attached hydrogen (secondary N) is 1. The third-order valence-corrected chi connectivity index (χ3v) is 3.94. The van der Waals surface area contributed by atoms with E-state index < -0.39 is 0 Å². The predicted molar refractivity (Wildman–Crippen MR) is 83.6 cm³/mol. The summed E-state index contributed by atoms with van der Waals surface area (Å²) in [4.78, 5) is 13.9. The van der Waals surface area contributed by atoms with Gasteiger partial charge in [-0.3, -0.25) is 4.68 Å². The Morgan fingerprint density at radius 2 is 2.18 bits per heavy atom. The molecule has 1 aromatic heterocycles. The number of nitrogens with zero attached hydrogens (tertiary/aromatic N) is 3. The second-order valence-electron chi connectivity index (χ2n) is 5.61. The Hall–Kier alpha value is -2.34. The molecule has 0 bridgehead atoms. The average Bonchev–Trinajstić information content (AvgIpc) is 3.20. The molecule has 2 amide bonds. The van der Waals surface area contributed by atoms with E-state index >= 15 is 0 Å². The number of rotatable bonds is 4. The van der Waals surface area contributed by atoms with Crippen molar-refractivity contribution in [1.29, 1.82) is 0 Å². The number of aliphatic hydroxyl groups is 1. The van der Waals surface area contributed by atoms with Crippen LogP contribution in [0, 0.1) is 5.92 Å². The first-order valence-electron chi connectivity index (χ1n) is 7.48. The molecule has 1 aromatic carbocycles. The SMILES string of the molecule is O=C(Nc1ccc(Cn2cccn2)cc1)N1CCC(CO)C1. The summed E-state index contributed by atoms with van der Waals surface area (Å²) in [6, 6.07) is 9.56. The third-order valence-electron chi connectivity index (χ3n) is 3.94. The van der Waals surface area contributed by atoms with Gasteiger partial charge in [-0.15, -0.1) is 0 Å². The van der Waals surface area contributed by atoms with Crippen LogP contribution in [0.4, 0.5) is 10.5 Å². The van der Waals surface area contributed by atoms with Crippen molar-refractivity contribution in [2.75, 3.05) is 25.0 Å². The van der Waals surface area contributed by atoms with Crippen molar-refractivity contribution in [2.45, 2.75) is 13.0 Å². The summed E-state index contributed by atoms with van der Waals surface area (Å²) in [5, 5.41) is 16.2. The van der Waals surface area contributed by atoms with E-state index in [9.17, 15) is 4.79 Å². The normalized spacial score (nSPS) is 17.7. The van der Waals surface area contributed by atoms with Gasteiger partial charge in [-0.05, 0) is 30.2 Å². The first-order chi connectivity index (χ1) is 10.7. The summed E-state index contributed by atoms with van der Waals surface area (Å²) >= 11 is 0. The molecule has 22 heavy (non-hydrogen) atoms. The average molecular weight is 300 g/mol. The third kappa shape index (κ3) is 3.46. The van der Waals surface area contributed by atoms with Gasteiger partial charge >= 0.3 is 6.03 Å². The molecule has 1 aliphatic heterocycles. The van der Waals surface area contributed by atoms with E-state index in [0.29, 0.717) is 19.6 Å². The molecule has 0 aliphatic carbocycles. The number of aliphatic hydroxyl groups excluding tert-OH is 1. The number of aromatic nitrogens is 2. The highest BCUT2D eigenvalue weighted by molar-refractivity contribution is 5.89. The fourth-order valence-corrected chi connectivity index (χ4v) is 2.64. The van der Waals surface area contributed by atoms with Crippen LogP contribution in [0.2, 0.25) is 0 Å². The van der Waals surface area contributed by atoms with Crippen LogP contribution in [0.1, 0.15) is 12.0 Å². The van der Waals surface area contributed by atoms with Crippen LogP contribution in [-0.4, -0.2) is 45.5 Å². The monoisotopic (exact) mass is 300 g/mol. The quantitative estimate of drug-likeness (QED) is 0.904. The minimum Gasteiger partial charge on any atom is -0.396 e. The number of carbonyl (C=O) groups is 1. The molecule has 6 nitrogen and oxygen atoms in total. The standard InChI is InChI=1S/C16H20N4O2/c21-12-14-6-9-19(10-14)16(22)18-15-4-2-13(3-5-15)11-20-8-1-7-17-20/h1-5,7-8,14,21H,6,9-12H2,(H,18,22). The molecule has 1 atom stereocenters. The molecule has 1 aliphatic rings. The summed E-state index contributed by atoms with van der Waals surface area (Å²) in [5.41, 5.74) is 1.91. The Morgan fingerprint density at radius 3 is 2.82 bits per heavy atom. The lowest BCUT2D eigenvalue weighted by atomic mass is 10.1. The van der Waals surface area contributed by atoms with Crippen LogP contribution in [0.25, 0.3) is 0 Å². The van der Waals surface area contributed by atoms with Crippen LogP contribution >= 0.6 is 0 Å². The number of hydrogen-bond acceptors (Lipinski definition) is 3. The molecule has 1 fully saturated rings. The first-order valence-corrected chi connectivity index (χ1v) is 7.48. The Labute approximate surface area is 129 Å². The van der Waals surface area contributed by atoms with E-state index in [2.05, 4.69) is 10.4 Å². The van der Waals surface area contributed by atoms with E-state index in [-0.39, 0.29) is 18.6 Å². The molecule has 0 spiro atoms. The van der Waals surface area contributed by atoms with Crippen LogP contribution in [-0.2, 0) is 6.54 Å². The zero-order valence-corrected chi connectivity index (χ0v) is 12.4. The zero-order valence-electron chi connectivity index (χ0n) is 12.4. The number of hydrogen-bond donors (Lipinski definition) is 2. The number of benzene rings is 1. The molecule has 0 saturated carbocycles. The summed E-state index contributed by atoms with van der Waals surface area (Å²) < 4.78 is 1.85. The van der Waals surface area contributed by atoms with E-state index in [1.165, 1.54) is 0 Å². The molecule has 2 heterocycles. The number of carbonyl (C=O) groups excluding carboxylic acids is 1. The lowest BCUT2D eigenvalue weighted by Crippen LogP contribution is -2.33. The number of amides is 2. The maximum absolute atomic E-state index is 12.1. The van der Waals surface area contributed by atoms with Gasteiger partial charge in [0.15, 0.2) is 0 Å². The van der Waals surface area contributed by atoms with Crippen LogP contribution < -0.4 is 5.32 Å². The largest absolute Gasteiger partial charge is 0.396 e. The second-order valence-corrected chi connectivity index (χ2v) is 5.61. The summed E-state index contributed by atoms with van der Waals surface area (Å²) in [6.07, 6.45) is 4.54. The van der Waals surface area contributed by atoms with Gasteiger partial charge in [0.1, 0.15) is 0 Å². The zero-order chi connectivity index (χ0) is 15.4. The Morgan fingerprint density at radius 1 is 1.36 bits per heavy atom. The van der Waals surface area contributed by atoms with Gasteiger partial charge in [-0.25, -0.2) is 4.79 Å². The van der Waals surface area contributed by atoms with Gasteiger partial charge in [-0.2, -0.15) is 5.10 Å². The van der Waals surface area contributed by atoms with Crippen molar-refractivity contribution in [2.24, 2.45) is 5.92 Å². The molecular formula is C16H20N4O2. The van der Waals surface area contributed by atoms with E-state index in [4.69, 9.17) is 5.11 Å². The van der Waals surface area contributed by atoms with Crippen molar-refractivity contribution < 1.29 is 9.90 Å². The van der Waals surface area contributed by atoms with E-state index in [0.717, 1.165) is 17.7 Å². The molecule has 3 rings (SSSR count). The minimum absolute atomic E-state index is 0.101. The highest BCUT2D eigenvalue weighted by Gasteiger charge is 2.25. The van der Waals surface area contributed by atoms with Gasteiger partial charge in [0.25, 0.3) is 0 Å². The van der Waals surface area contributed by atoms with E-state index in [1.54, 1.807) is 11.1 Å². The molecule has 2 aromatic rings. The molecule has 1 saturated heterocycles. The van der Waals surface area contributed by atoms with Crippen molar-refractivity contribution >= 4 is 11.7 Å². The Kier molecular flexibility index (Phi) is 4.39. The maximum atomic E-state index is 12.1. The second kappa shape index (κ2) is 6.62. The maximum Gasteiger partial charge on any atom is 0.321 e. The number of likely N-dealkylation sites (tertiary alicyclic amines) is 1.